The standard InChI is InChI=1S/C23H27NO4S/c1-27-21-14-19-13-20(29(25,26)23(19)15-22(21)28-2)12-17-8-10-24(11-9-17)16-18-6-4-3-5-7-18/h3-7,12,14-15,17H,8-11,13,16H2,1-2H3/b20-12+. The van der Waals surface area contributed by atoms with Crippen LogP contribution in [0.5, 0.6) is 11.5 Å². The van der Waals surface area contributed by atoms with E-state index < -0.39 is 9.84 Å². The molecule has 6 heteroatoms. The Morgan fingerprint density at radius 3 is 2.34 bits per heavy atom. The highest BCUT2D eigenvalue weighted by molar-refractivity contribution is 7.95. The van der Waals surface area contributed by atoms with Gasteiger partial charge >= 0.3 is 0 Å². The number of likely N-dealkylation sites (tertiary alicyclic amines) is 1. The van der Waals surface area contributed by atoms with Crippen LogP contribution in [0, 0.1) is 5.92 Å². The molecule has 2 aromatic rings. The van der Waals surface area contributed by atoms with Crippen LogP contribution >= 0.6 is 0 Å². The molecular weight excluding hydrogens is 386 g/mol. The van der Waals surface area contributed by atoms with Crippen molar-refractivity contribution in [2.45, 2.75) is 30.7 Å². The monoisotopic (exact) mass is 413 g/mol. The lowest BCUT2D eigenvalue weighted by atomic mass is 9.95. The maximum absolute atomic E-state index is 13.1. The summed E-state index contributed by atoms with van der Waals surface area (Å²) in [7, 11) is -0.371. The summed E-state index contributed by atoms with van der Waals surface area (Å²) in [6.07, 6.45) is 4.39. The van der Waals surface area contributed by atoms with E-state index in [1.165, 1.54) is 12.7 Å². The molecule has 5 nitrogen and oxygen atoms in total. The van der Waals surface area contributed by atoms with Gasteiger partial charge in [0, 0.05) is 23.9 Å². The Bertz CT molecular complexity index is 1010. The van der Waals surface area contributed by atoms with Gasteiger partial charge < -0.3 is 9.47 Å². The molecule has 0 amide bonds. The minimum atomic E-state index is -3.45. The molecule has 0 aromatic heterocycles. The first-order valence-electron chi connectivity index (χ1n) is 9.98. The maximum atomic E-state index is 13.1. The third kappa shape index (κ3) is 4.05. The summed E-state index contributed by atoms with van der Waals surface area (Å²) in [6.45, 7) is 2.92. The molecule has 2 heterocycles. The van der Waals surface area contributed by atoms with Crippen LogP contribution in [0.2, 0.25) is 0 Å². The van der Waals surface area contributed by atoms with E-state index in [0.29, 0.717) is 33.6 Å². The van der Waals surface area contributed by atoms with Crippen molar-refractivity contribution in [2.75, 3.05) is 27.3 Å². The van der Waals surface area contributed by atoms with Gasteiger partial charge in [-0.05, 0) is 49.0 Å². The van der Waals surface area contributed by atoms with Gasteiger partial charge in [0.15, 0.2) is 11.5 Å². The minimum absolute atomic E-state index is 0.296. The molecule has 154 valence electrons. The van der Waals surface area contributed by atoms with Crippen molar-refractivity contribution >= 4 is 9.84 Å². The summed E-state index contributed by atoms with van der Waals surface area (Å²) in [5.41, 5.74) is 2.11. The number of methoxy groups -OCH3 is 2. The average Bonchev–Trinajstić information content (AvgIpc) is 2.98. The number of rotatable bonds is 5. The van der Waals surface area contributed by atoms with Crippen molar-refractivity contribution in [1.82, 2.24) is 4.90 Å². The number of allylic oxidation sites excluding steroid dienone is 2. The molecule has 0 unspecified atom stereocenters. The lowest BCUT2D eigenvalue weighted by Crippen LogP contribution is -2.32. The van der Waals surface area contributed by atoms with Crippen LogP contribution < -0.4 is 9.47 Å². The molecule has 0 atom stereocenters. The van der Waals surface area contributed by atoms with E-state index >= 15 is 0 Å². The summed E-state index contributed by atoms with van der Waals surface area (Å²) < 4.78 is 36.7. The molecular formula is C23H27NO4S. The zero-order valence-electron chi connectivity index (χ0n) is 16.9. The van der Waals surface area contributed by atoms with E-state index in [1.54, 1.807) is 19.2 Å². The van der Waals surface area contributed by atoms with Crippen LogP contribution in [-0.4, -0.2) is 40.6 Å². The first-order valence-corrected chi connectivity index (χ1v) is 11.5. The topological polar surface area (TPSA) is 55.8 Å². The number of nitrogens with zero attached hydrogens (tertiary/aromatic N) is 1. The zero-order chi connectivity index (χ0) is 20.4. The molecule has 2 aliphatic rings. The van der Waals surface area contributed by atoms with Crippen molar-refractivity contribution in [3.05, 3.63) is 64.6 Å². The number of fused-ring (bicyclic) bond motifs is 1. The molecule has 0 radical (unpaired) electrons. The van der Waals surface area contributed by atoms with Crippen molar-refractivity contribution in [3.63, 3.8) is 0 Å². The Labute approximate surface area is 172 Å². The number of hydrogen-bond acceptors (Lipinski definition) is 5. The van der Waals surface area contributed by atoms with Gasteiger partial charge in [0.25, 0.3) is 0 Å². The number of piperidine rings is 1. The Kier molecular flexibility index (Phi) is 5.65. The van der Waals surface area contributed by atoms with Crippen LogP contribution in [0.15, 0.2) is 58.3 Å². The Hall–Kier alpha value is -2.31. The molecule has 0 saturated carbocycles. The zero-order valence-corrected chi connectivity index (χ0v) is 17.7. The molecule has 1 fully saturated rings. The van der Waals surface area contributed by atoms with E-state index in [0.717, 1.165) is 38.0 Å². The highest BCUT2D eigenvalue weighted by atomic mass is 32.2. The third-order valence-corrected chi connectivity index (χ3v) is 7.80. The normalized spacial score (nSPS) is 20.6. The molecule has 0 bridgehead atoms. The number of hydrogen-bond donors (Lipinski definition) is 0. The summed E-state index contributed by atoms with van der Waals surface area (Å²) >= 11 is 0. The smallest absolute Gasteiger partial charge is 0.203 e. The first-order chi connectivity index (χ1) is 14.0. The van der Waals surface area contributed by atoms with Crippen LogP contribution in [0.25, 0.3) is 0 Å². The van der Waals surface area contributed by atoms with E-state index in [-0.39, 0.29) is 0 Å². The van der Waals surface area contributed by atoms with Gasteiger partial charge in [-0.15, -0.1) is 0 Å². The largest absolute Gasteiger partial charge is 0.493 e. The Morgan fingerprint density at radius 2 is 1.69 bits per heavy atom. The van der Waals surface area contributed by atoms with Gasteiger partial charge in [0.1, 0.15) is 0 Å². The van der Waals surface area contributed by atoms with Gasteiger partial charge in [0.2, 0.25) is 9.84 Å². The minimum Gasteiger partial charge on any atom is -0.493 e. The van der Waals surface area contributed by atoms with Gasteiger partial charge in [0.05, 0.1) is 19.1 Å². The highest BCUT2D eigenvalue weighted by Crippen LogP contribution is 2.41. The Balaban J connectivity index is 1.47. The summed E-state index contributed by atoms with van der Waals surface area (Å²) in [6, 6.07) is 13.9. The molecule has 0 N–H and O–H groups in total. The van der Waals surface area contributed by atoms with E-state index in [4.69, 9.17) is 9.47 Å². The number of benzene rings is 2. The molecule has 0 spiro atoms. The molecule has 4 rings (SSSR count). The average molecular weight is 414 g/mol. The fraction of sp³-hybridized carbons (Fsp3) is 0.391. The van der Waals surface area contributed by atoms with E-state index in [2.05, 4.69) is 29.2 Å². The predicted octanol–water partition coefficient (Wildman–Crippen LogP) is 3.83. The van der Waals surface area contributed by atoms with Crippen LogP contribution in [-0.2, 0) is 22.8 Å². The van der Waals surface area contributed by atoms with E-state index in [9.17, 15) is 8.42 Å². The fourth-order valence-electron chi connectivity index (χ4n) is 4.25. The van der Waals surface area contributed by atoms with E-state index in [1.807, 2.05) is 12.1 Å². The number of sulfone groups is 1. The SMILES string of the molecule is COc1cc2c(cc1OC)S(=O)(=O)/C(=C/C1CCN(Cc3ccccc3)CC1)C2. The van der Waals surface area contributed by atoms with Crippen LogP contribution in [0.4, 0.5) is 0 Å². The second-order valence-electron chi connectivity index (χ2n) is 7.73. The van der Waals surface area contributed by atoms with Crippen LogP contribution in [0.3, 0.4) is 0 Å². The quantitative estimate of drug-likeness (QED) is 0.746. The van der Waals surface area contributed by atoms with Crippen molar-refractivity contribution in [2.24, 2.45) is 5.92 Å². The highest BCUT2D eigenvalue weighted by Gasteiger charge is 2.34. The molecule has 2 aliphatic heterocycles. The molecule has 1 saturated heterocycles. The molecule has 29 heavy (non-hydrogen) atoms. The summed E-state index contributed by atoms with van der Waals surface area (Å²) in [4.78, 5) is 3.31. The lowest BCUT2D eigenvalue weighted by molar-refractivity contribution is 0.195. The fourth-order valence-corrected chi connectivity index (χ4v) is 5.98. The van der Waals surface area contributed by atoms with Crippen LogP contribution in [0.1, 0.15) is 24.0 Å². The maximum Gasteiger partial charge on any atom is 0.203 e. The summed E-state index contributed by atoms with van der Waals surface area (Å²) in [5, 5.41) is 0. The third-order valence-electron chi connectivity index (χ3n) is 5.87. The summed E-state index contributed by atoms with van der Waals surface area (Å²) in [5.74, 6) is 1.31. The molecule has 2 aromatic carbocycles. The van der Waals surface area contributed by atoms with Gasteiger partial charge in [-0.3, -0.25) is 4.90 Å². The van der Waals surface area contributed by atoms with Crippen molar-refractivity contribution in [1.29, 1.82) is 0 Å². The number of ether oxygens (including phenoxy) is 2. The van der Waals surface area contributed by atoms with Crippen molar-refractivity contribution in [3.8, 4) is 11.5 Å². The van der Waals surface area contributed by atoms with Crippen molar-refractivity contribution < 1.29 is 17.9 Å². The second-order valence-corrected chi connectivity index (χ2v) is 9.70. The predicted molar refractivity (Wildman–Crippen MR) is 113 cm³/mol. The second kappa shape index (κ2) is 8.20. The van der Waals surface area contributed by atoms with Gasteiger partial charge in [-0.1, -0.05) is 36.4 Å². The van der Waals surface area contributed by atoms with Gasteiger partial charge in [-0.2, -0.15) is 0 Å². The Morgan fingerprint density at radius 1 is 1.03 bits per heavy atom. The lowest BCUT2D eigenvalue weighted by Gasteiger charge is -2.30. The molecule has 0 aliphatic carbocycles. The first kappa shape index (κ1) is 20.0. The van der Waals surface area contributed by atoms with Gasteiger partial charge in [-0.25, -0.2) is 8.42 Å².